The average molecular weight is 312 g/mol. The summed E-state index contributed by atoms with van der Waals surface area (Å²) in [6.45, 7) is 2.20. The van der Waals surface area contributed by atoms with E-state index in [1.54, 1.807) is 0 Å². The smallest absolute Gasteiger partial charge is 0.224 e. The molecule has 0 spiro atoms. The molecule has 3 heteroatoms. The first-order chi connectivity index (χ1) is 8.76. The van der Waals surface area contributed by atoms with Crippen molar-refractivity contribution in [1.82, 2.24) is 0 Å². The molecule has 0 radical (unpaired) electrons. The molecule has 0 aromatic heterocycles. The zero-order valence-electron chi connectivity index (χ0n) is 11.0. The Labute approximate surface area is 118 Å². The fourth-order valence-corrected chi connectivity index (χ4v) is 2.19. The van der Waals surface area contributed by atoms with Crippen LogP contribution in [-0.2, 0) is 10.1 Å². The van der Waals surface area contributed by atoms with Crippen LogP contribution in [0.1, 0.15) is 51.0 Å². The van der Waals surface area contributed by atoms with Crippen LogP contribution < -0.4 is 5.32 Å². The van der Waals surface area contributed by atoms with E-state index in [9.17, 15) is 4.79 Å². The molecule has 1 amide bonds. The van der Waals surface area contributed by atoms with Gasteiger partial charge in [-0.25, -0.2) is 0 Å². The van der Waals surface area contributed by atoms with Gasteiger partial charge in [-0.15, -0.1) is 0 Å². The van der Waals surface area contributed by atoms with Gasteiger partial charge in [-0.2, -0.15) is 0 Å². The van der Waals surface area contributed by atoms with Crippen molar-refractivity contribution in [2.45, 2.75) is 50.8 Å². The molecule has 0 aliphatic rings. The highest BCUT2D eigenvalue weighted by Crippen LogP contribution is 2.14. The first kappa shape index (κ1) is 15.2. The Morgan fingerprint density at radius 2 is 2.00 bits per heavy atom. The molecular formula is C15H22BrNO. The van der Waals surface area contributed by atoms with Crippen molar-refractivity contribution < 1.29 is 4.79 Å². The first-order valence-electron chi connectivity index (χ1n) is 6.71. The normalized spacial score (nSPS) is 10.3. The zero-order chi connectivity index (χ0) is 13.2. The summed E-state index contributed by atoms with van der Waals surface area (Å²) in [7, 11) is 0. The minimum Gasteiger partial charge on any atom is -0.326 e. The van der Waals surface area contributed by atoms with Crippen molar-refractivity contribution in [1.29, 1.82) is 0 Å². The van der Waals surface area contributed by atoms with Gasteiger partial charge in [0.25, 0.3) is 0 Å². The Kier molecular flexibility index (Phi) is 7.74. The molecule has 0 saturated heterocycles. The van der Waals surface area contributed by atoms with E-state index in [1.807, 2.05) is 24.3 Å². The van der Waals surface area contributed by atoms with Gasteiger partial charge in [0.2, 0.25) is 5.91 Å². The Morgan fingerprint density at radius 3 is 2.72 bits per heavy atom. The maximum absolute atomic E-state index is 11.7. The maximum atomic E-state index is 11.7. The van der Waals surface area contributed by atoms with Crippen molar-refractivity contribution in [3.05, 3.63) is 29.8 Å². The molecule has 2 nitrogen and oxygen atoms in total. The fourth-order valence-electron chi connectivity index (χ4n) is 1.84. The van der Waals surface area contributed by atoms with Gasteiger partial charge in [0.1, 0.15) is 0 Å². The summed E-state index contributed by atoms with van der Waals surface area (Å²) in [5.41, 5.74) is 2.07. The molecule has 18 heavy (non-hydrogen) atoms. The third-order valence-corrected chi connectivity index (χ3v) is 3.52. The van der Waals surface area contributed by atoms with Crippen molar-refractivity contribution in [3.8, 4) is 0 Å². The molecule has 1 N–H and O–H groups in total. The van der Waals surface area contributed by atoms with E-state index >= 15 is 0 Å². The summed E-state index contributed by atoms with van der Waals surface area (Å²) in [5, 5.41) is 3.76. The van der Waals surface area contributed by atoms with E-state index < -0.39 is 0 Å². The second kappa shape index (κ2) is 9.15. The van der Waals surface area contributed by atoms with E-state index in [0.717, 1.165) is 23.9 Å². The molecule has 1 aromatic rings. The van der Waals surface area contributed by atoms with Gasteiger partial charge < -0.3 is 5.32 Å². The van der Waals surface area contributed by atoms with Gasteiger partial charge in [-0.1, -0.05) is 60.7 Å². The third-order valence-electron chi connectivity index (χ3n) is 2.87. The lowest BCUT2D eigenvalue weighted by molar-refractivity contribution is -0.116. The van der Waals surface area contributed by atoms with Crippen LogP contribution in [0.3, 0.4) is 0 Å². The van der Waals surface area contributed by atoms with Crippen LogP contribution in [-0.4, -0.2) is 5.91 Å². The number of carbonyl (C=O) groups excluding carboxylic acids is 1. The first-order valence-corrected chi connectivity index (χ1v) is 7.83. The Bertz CT molecular complexity index is 365. The standard InChI is InChI=1S/C15H22BrNO/c1-2-3-4-5-6-10-15(18)17-14-9-7-8-13(11-14)12-16/h7-9,11H,2-6,10,12H2,1H3,(H,17,18). The topological polar surface area (TPSA) is 29.1 Å². The predicted molar refractivity (Wildman–Crippen MR) is 81.1 cm³/mol. The van der Waals surface area contributed by atoms with E-state index in [0.29, 0.717) is 6.42 Å². The second-order valence-corrected chi connectivity index (χ2v) is 5.11. The monoisotopic (exact) mass is 311 g/mol. The number of amides is 1. The average Bonchev–Trinajstić information content (AvgIpc) is 2.38. The number of benzene rings is 1. The van der Waals surface area contributed by atoms with Gasteiger partial charge in [0, 0.05) is 17.4 Å². The minimum atomic E-state index is 0.123. The number of alkyl halides is 1. The van der Waals surface area contributed by atoms with Crippen molar-refractivity contribution >= 4 is 27.5 Å². The minimum absolute atomic E-state index is 0.123. The van der Waals surface area contributed by atoms with E-state index in [4.69, 9.17) is 0 Å². The number of carbonyl (C=O) groups is 1. The Hall–Kier alpha value is -0.830. The highest BCUT2D eigenvalue weighted by Gasteiger charge is 2.02. The van der Waals surface area contributed by atoms with Crippen LogP contribution in [0.4, 0.5) is 5.69 Å². The number of hydrogen-bond acceptors (Lipinski definition) is 1. The van der Waals surface area contributed by atoms with E-state index in [2.05, 4.69) is 28.2 Å². The summed E-state index contributed by atoms with van der Waals surface area (Å²) in [4.78, 5) is 11.7. The van der Waals surface area contributed by atoms with Gasteiger partial charge >= 0.3 is 0 Å². The maximum Gasteiger partial charge on any atom is 0.224 e. The molecule has 0 atom stereocenters. The summed E-state index contributed by atoms with van der Waals surface area (Å²) in [6, 6.07) is 7.94. The molecule has 0 heterocycles. The third kappa shape index (κ3) is 6.20. The van der Waals surface area contributed by atoms with Crippen molar-refractivity contribution in [2.24, 2.45) is 0 Å². The molecule has 100 valence electrons. The van der Waals surface area contributed by atoms with E-state index in [1.165, 1.54) is 24.8 Å². The van der Waals surface area contributed by atoms with Crippen LogP contribution >= 0.6 is 15.9 Å². The van der Waals surface area contributed by atoms with Gasteiger partial charge in [-0.05, 0) is 24.1 Å². The molecule has 1 aromatic carbocycles. The quantitative estimate of drug-likeness (QED) is 0.538. The number of anilines is 1. The summed E-state index contributed by atoms with van der Waals surface area (Å²) in [5.74, 6) is 0.123. The second-order valence-electron chi connectivity index (χ2n) is 4.55. The molecule has 1 rings (SSSR count). The predicted octanol–water partition coefficient (Wildman–Crippen LogP) is 4.88. The number of hydrogen-bond donors (Lipinski definition) is 1. The summed E-state index contributed by atoms with van der Waals surface area (Å²) >= 11 is 3.41. The number of halogens is 1. The van der Waals surface area contributed by atoms with Gasteiger partial charge in [0.15, 0.2) is 0 Å². The van der Waals surface area contributed by atoms with Crippen molar-refractivity contribution in [2.75, 3.05) is 5.32 Å². The molecule has 0 saturated carbocycles. The highest BCUT2D eigenvalue weighted by molar-refractivity contribution is 9.08. The van der Waals surface area contributed by atoms with Gasteiger partial charge in [-0.3, -0.25) is 4.79 Å². The number of unbranched alkanes of at least 4 members (excludes halogenated alkanes) is 4. The summed E-state index contributed by atoms with van der Waals surface area (Å²) < 4.78 is 0. The Balaban J connectivity index is 2.26. The summed E-state index contributed by atoms with van der Waals surface area (Å²) in [6.07, 6.45) is 6.53. The molecule has 0 aliphatic carbocycles. The lowest BCUT2D eigenvalue weighted by atomic mass is 10.1. The highest BCUT2D eigenvalue weighted by atomic mass is 79.9. The molecule has 0 bridgehead atoms. The molecule has 0 aliphatic heterocycles. The van der Waals surface area contributed by atoms with Crippen LogP contribution in [0.5, 0.6) is 0 Å². The van der Waals surface area contributed by atoms with Gasteiger partial charge in [0.05, 0.1) is 0 Å². The lowest BCUT2D eigenvalue weighted by Crippen LogP contribution is -2.11. The largest absolute Gasteiger partial charge is 0.326 e. The number of nitrogens with one attached hydrogen (secondary N) is 1. The zero-order valence-corrected chi connectivity index (χ0v) is 12.6. The van der Waals surface area contributed by atoms with E-state index in [-0.39, 0.29) is 5.91 Å². The van der Waals surface area contributed by atoms with Crippen molar-refractivity contribution in [3.63, 3.8) is 0 Å². The Morgan fingerprint density at radius 1 is 1.22 bits per heavy atom. The molecular weight excluding hydrogens is 290 g/mol. The van der Waals surface area contributed by atoms with Crippen LogP contribution in [0.15, 0.2) is 24.3 Å². The molecule has 0 fully saturated rings. The fraction of sp³-hybridized carbons (Fsp3) is 0.533. The molecule has 0 unspecified atom stereocenters. The number of rotatable bonds is 8. The lowest BCUT2D eigenvalue weighted by Gasteiger charge is -2.06. The van der Waals surface area contributed by atoms with Crippen LogP contribution in [0.25, 0.3) is 0 Å². The van der Waals surface area contributed by atoms with Crippen LogP contribution in [0.2, 0.25) is 0 Å². The SMILES string of the molecule is CCCCCCCC(=O)Nc1cccc(CBr)c1. The van der Waals surface area contributed by atoms with Crippen LogP contribution in [0, 0.1) is 0 Å².